The Kier molecular flexibility index (Phi) is 4.33. The summed E-state index contributed by atoms with van der Waals surface area (Å²) < 4.78 is 11.5. The Morgan fingerprint density at radius 2 is 1.92 bits per heavy atom. The van der Waals surface area contributed by atoms with Gasteiger partial charge in [-0.15, -0.1) is 0 Å². The standard InChI is InChI=1S/C20H26N2O2/c1-21-13-19(15-5-7-16(23-2)8-6-15)18-11-17(24-20(18)14-21)12-22-9-3-4-10-22/h5-8,11,19H,3-4,9-10,12-14H2,1-2H3. The van der Waals surface area contributed by atoms with Gasteiger partial charge in [-0.3, -0.25) is 9.80 Å². The van der Waals surface area contributed by atoms with Gasteiger partial charge in [0.1, 0.15) is 17.3 Å². The normalized spacial score (nSPS) is 21.8. The molecule has 4 rings (SSSR count). The molecule has 2 aliphatic rings. The van der Waals surface area contributed by atoms with Gasteiger partial charge in [0.05, 0.1) is 20.2 Å². The zero-order chi connectivity index (χ0) is 16.5. The summed E-state index contributed by atoms with van der Waals surface area (Å²) in [5, 5.41) is 0. The average Bonchev–Trinajstić information content (AvgIpc) is 3.24. The van der Waals surface area contributed by atoms with Gasteiger partial charge in [0, 0.05) is 18.0 Å². The number of hydrogen-bond acceptors (Lipinski definition) is 4. The molecule has 1 fully saturated rings. The SMILES string of the molecule is COc1ccc(C2CN(C)Cc3oc(CN4CCCC4)cc32)cc1. The van der Waals surface area contributed by atoms with Crippen molar-refractivity contribution in [3.63, 3.8) is 0 Å². The lowest BCUT2D eigenvalue weighted by molar-refractivity contribution is 0.247. The molecule has 1 unspecified atom stereocenters. The molecule has 0 amide bonds. The van der Waals surface area contributed by atoms with Crippen LogP contribution in [0.4, 0.5) is 0 Å². The van der Waals surface area contributed by atoms with Crippen molar-refractivity contribution in [3.8, 4) is 5.75 Å². The third-order valence-corrected chi connectivity index (χ3v) is 5.27. The lowest BCUT2D eigenvalue weighted by Gasteiger charge is -2.29. The van der Waals surface area contributed by atoms with E-state index in [0.29, 0.717) is 5.92 Å². The smallest absolute Gasteiger partial charge is 0.122 e. The summed E-state index contributed by atoms with van der Waals surface area (Å²) in [4.78, 5) is 4.84. The van der Waals surface area contributed by atoms with Crippen LogP contribution in [0.25, 0.3) is 0 Å². The fourth-order valence-corrected chi connectivity index (χ4v) is 4.00. The molecule has 4 nitrogen and oxygen atoms in total. The molecule has 0 bridgehead atoms. The van der Waals surface area contributed by atoms with E-state index < -0.39 is 0 Å². The van der Waals surface area contributed by atoms with Crippen molar-refractivity contribution >= 4 is 0 Å². The number of ether oxygens (including phenoxy) is 1. The van der Waals surface area contributed by atoms with Gasteiger partial charge in [0.15, 0.2) is 0 Å². The predicted octanol–water partition coefficient (Wildman–Crippen LogP) is 3.46. The number of likely N-dealkylation sites (tertiary alicyclic amines) is 1. The molecule has 24 heavy (non-hydrogen) atoms. The Morgan fingerprint density at radius 1 is 1.17 bits per heavy atom. The van der Waals surface area contributed by atoms with Crippen LogP contribution >= 0.6 is 0 Å². The molecule has 0 aliphatic carbocycles. The highest BCUT2D eigenvalue weighted by molar-refractivity contribution is 5.40. The first-order valence-corrected chi connectivity index (χ1v) is 8.89. The number of fused-ring (bicyclic) bond motifs is 1. The number of methoxy groups -OCH3 is 1. The maximum absolute atomic E-state index is 6.23. The molecule has 1 aromatic heterocycles. The summed E-state index contributed by atoms with van der Waals surface area (Å²) in [5.74, 6) is 3.54. The zero-order valence-corrected chi connectivity index (χ0v) is 14.6. The monoisotopic (exact) mass is 326 g/mol. The van der Waals surface area contributed by atoms with Crippen molar-refractivity contribution in [2.45, 2.75) is 31.8 Å². The lowest BCUT2D eigenvalue weighted by Crippen LogP contribution is -2.30. The van der Waals surface area contributed by atoms with Crippen LogP contribution in [0, 0.1) is 0 Å². The zero-order valence-electron chi connectivity index (χ0n) is 14.6. The summed E-state index contributed by atoms with van der Waals surface area (Å²) in [6.07, 6.45) is 2.63. The fraction of sp³-hybridized carbons (Fsp3) is 0.500. The van der Waals surface area contributed by atoms with Crippen molar-refractivity contribution in [2.75, 3.05) is 33.8 Å². The molecule has 2 aromatic rings. The van der Waals surface area contributed by atoms with Crippen LogP contribution in [0.15, 0.2) is 34.7 Å². The van der Waals surface area contributed by atoms with E-state index in [-0.39, 0.29) is 0 Å². The number of hydrogen-bond donors (Lipinski definition) is 0. The summed E-state index contributed by atoms with van der Waals surface area (Å²) >= 11 is 0. The molecule has 2 aliphatic heterocycles. The maximum atomic E-state index is 6.23. The Morgan fingerprint density at radius 3 is 2.62 bits per heavy atom. The number of furan rings is 1. The highest BCUT2D eigenvalue weighted by Gasteiger charge is 2.29. The third kappa shape index (κ3) is 3.08. The van der Waals surface area contributed by atoms with Gasteiger partial charge in [-0.25, -0.2) is 0 Å². The second kappa shape index (κ2) is 6.61. The number of rotatable bonds is 4. The third-order valence-electron chi connectivity index (χ3n) is 5.27. The molecule has 1 aromatic carbocycles. The Balaban J connectivity index is 1.61. The lowest BCUT2D eigenvalue weighted by atomic mass is 9.88. The molecule has 0 saturated carbocycles. The molecular formula is C20H26N2O2. The molecule has 1 saturated heterocycles. The van der Waals surface area contributed by atoms with Crippen molar-refractivity contribution in [1.82, 2.24) is 9.80 Å². The quantitative estimate of drug-likeness (QED) is 0.860. The molecule has 128 valence electrons. The highest BCUT2D eigenvalue weighted by Crippen LogP contribution is 2.36. The van der Waals surface area contributed by atoms with Crippen LogP contribution < -0.4 is 4.74 Å². The van der Waals surface area contributed by atoms with Gasteiger partial charge in [-0.1, -0.05) is 12.1 Å². The Bertz CT molecular complexity index is 686. The minimum atomic E-state index is 0.376. The summed E-state index contributed by atoms with van der Waals surface area (Å²) in [5.41, 5.74) is 2.70. The van der Waals surface area contributed by atoms with E-state index >= 15 is 0 Å². The molecule has 0 radical (unpaired) electrons. The molecule has 4 heteroatoms. The predicted molar refractivity (Wildman–Crippen MR) is 94.4 cm³/mol. The first kappa shape index (κ1) is 15.7. The topological polar surface area (TPSA) is 28.9 Å². The van der Waals surface area contributed by atoms with E-state index in [4.69, 9.17) is 9.15 Å². The number of benzene rings is 1. The van der Waals surface area contributed by atoms with E-state index in [0.717, 1.165) is 36.9 Å². The van der Waals surface area contributed by atoms with Crippen LogP contribution in [-0.4, -0.2) is 43.6 Å². The minimum absolute atomic E-state index is 0.376. The molecule has 3 heterocycles. The maximum Gasteiger partial charge on any atom is 0.122 e. The van der Waals surface area contributed by atoms with E-state index in [9.17, 15) is 0 Å². The van der Waals surface area contributed by atoms with Crippen molar-refractivity contribution < 1.29 is 9.15 Å². The summed E-state index contributed by atoms with van der Waals surface area (Å²) in [7, 11) is 3.88. The Labute approximate surface area is 144 Å². The van der Waals surface area contributed by atoms with Crippen LogP contribution in [0.2, 0.25) is 0 Å². The fourth-order valence-electron chi connectivity index (χ4n) is 4.00. The van der Waals surface area contributed by atoms with Crippen LogP contribution in [0.3, 0.4) is 0 Å². The van der Waals surface area contributed by atoms with Gasteiger partial charge in [-0.2, -0.15) is 0 Å². The second-order valence-electron chi connectivity index (χ2n) is 7.10. The number of likely N-dealkylation sites (N-methyl/N-ethyl adjacent to an activating group) is 1. The largest absolute Gasteiger partial charge is 0.497 e. The summed E-state index contributed by atoms with van der Waals surface area (Å²) in [6.45, 7) is 5.29. The van der Waals surface area contributed by atoms with Crippen LogP contribution in [0.5, 0.6) is 5.75 Å². The number of nitrogens with zero attached hydrogens (tertiary/aromatic N) is 2. The first-order chi connectivity index (χ1) is 11.7. The van der Waals surface area contributed by atoms with E-state index in [2.05, 4.69) is 47.2 Å². The molecule has 0 N–H and O–H groups in total. The first-order valence-electron chi connectivity index (χ1n) is 8.89. The minimum Gasteiger partial charge on any atom is -0.497 e. The van der Waals surface area contributed by atoms with Crippen molar-refractivity contribution in [3.05, 3.63) is 53.0 Å². The molecule has 0 spiro atoms. The van der Waals surface area contributed by atoms with Gasteiger partial charge in [0.25, 0.3) is 0 Å². The van der Waals surface area contributed by atoms with Gasteiger partial charge < -0.3 is 9.15 Å². The van der Waals surface area contributed by atoms with E-state index in [1.807, 2.05) is 0 Å². The Hall–Kier alpha value is -1.78. The van der Waals surface area contributed by atoms with Gasteiger partial charge in [0.2, 0.25) is 0 Å². The van der Waals surface area contributed by atoms with E-state index in [1.165, 1.54) is 37.1 Å². The van der Waals surface area contributed by atoms with Gasteiger partial charge in [-0.05, 0) is 56.7 Å². The van der Waals surface area contributed by atoms with Gasteiger partial charge >= 0.3 is 0 Å². The van der Waals surface area contributed by atoms with Crippen LogP contribution in [0.1, 0.15) is 41.4 Å². The second-order valence-corrected chi connectivity index (χ2v) is 7.10. The molecular weight excluding hydrogens is 300 g/mol. The summed E-state index contributed by atoms with van der Waals surface area (Å²) in [6, 6.07) is 10.8. The average molecular weight is 326 g/mol. The van der Waals surface area contributed by atoms with Crippen molar-refractivity contribution in [1.29, 1.82) is 0 Å². The van der Waals surface area contributed by atoms with Crippen LogP contribution in [-0.2, 0) is 13.1 Å². The van der Waals surface area contributed by atoms with Crippen molar-refractivity contribution in [2.24, 2.45) is 0 Å². The van der Waals surface area contributed by atoms with E-state index in [1.54, 1.807) is 7.11 Å². The highest BCUT2D eigenvalue weighted by atomic mass is 16.5. The molecule has 1 atom stereocenters.